The number of hydrogen-bond donors (Lipinski definition) is 9. The predicted molar refractivity (Wildman–Crippen MR) is 271 cm³/mol. The molecule has 0 saturated carbocycles. The SMILES string of the molecule is Cl.Cl.Clc1nc(-c2ccccc2)nc2[nH]ccc12.NCCc1cnc[nH]1.c1ccc(-c2nc(N3CCc4nc[nH]c4C3)c3cc[nH]c3n2)cc1.c1nc2c([nH]1)CNCC2.c1nc2c([nH]1)CNCC2. The molecular formula is C47H53Cl3N18. The Bertz CT molecular complexity index is 2940. The zero-order valence-electron chi connectivity index (χ0n) is 37.0. The van der Waals surface area contributed by atoms with E-state index < -0.39 is 0 Å². The number of imidazole rings is 4. The lowest BCUT2D eigenvalue weighted by atomic mass is 10.1. The molecule has 3 aliphatic heterocycles. The molecule has 13 rings (SSSR count). The van der Waals surface area contributed by atoms with Crippen LogP contribution in [-0.4, -0.2) is 96.0 Å². The van der Waals surface area contributed by atoms with E-state index in [1.807, 2.05) is 79.0 Å². The Morgan fingerprint density at radius 2 is 1.12 bits per heavy atom. The molecule has 2 aromatic carbocycles. The Balaban J connectivity index is 0.000000135. The molecule has 10 aromatic rings. The van der Waals surface area contributed by atoms with Crippen LogP contribution < -0.4 is 21.3 Å². The van der Waals surface area contributed by atoms with Gasteiger partial charge in [-0.2, -0.15) is 0 Å². The first-order chi connectivity index (χ1) is 32.6. The van der Waals surface area contributed by atoms with E-state index in [9.17, 15) is 0 Å². The van der Waals surface area contributed by atoms with Gasteiger partial charge in [0.1, 0.15) is 22.3 Å². The third-order valence-corrected chi connectivity index (χ3v) is 11.5. The van der Waals surface area contributed by atoms with E-state index in [0.29, 0.717) is 17.5 Å². The maximum atomic E-state index is 6.08. The molecule has 0 spiro atoms. The third kappa shape index (κ3) is 12.1. The van der Waals surface area contributed by atoms with Crippen molar-refractivity contribution in [3.63, 3.8) is 0 Å². The van der Waals surface area contributed by atoms with Gasteiger partial charge in [-0.15, -0.1) is 24.8 Å². The zero-order valence-corrected chi connectivity index (χ0v) is 39.4. The van der Waals surface area contributed by atoms with Crippen LogP contribution in [0.25, 0.3) is 44.8 Å². The number of benzene rings is 2. The number of anilines is 1. The van der Waals surface area contributed by atoms with E-state index in [1.165, 1.54) is 28.5 Å². The summed E-state index contributed by atoms with van der Waals surface area (Å²) < 4.78 is 0. The molecule has 0 amide bonds. The molecule has 3 aliphatic rings. The molecule has 18 nitrogen and oxygen atoms in total. The molecule has 10 N–H and O–H groups in total. The second-order valence-corrected chi connectivity index (χ2v) is 15.9. The van der Waals surface area contributed by atoms with Crippen molar-refractivity contribution in [2.45, 2.75) is 45.3 Å². The van der Waals surface area contributed by atoms with E-state index in [4.69, 9.17) is 22.3 Å². The molecule has 0 unspecified atom stereocenters. The molecule has 0 aliphatic carbocycles. The number of nitrogens with zero attached hydrogens (tertiary/aromatic N) is 9. The van der Waals surface area contributed by atoms with Gasteiger partial charge in [-0.1, -0.05) is 72.3 Å². The van der Waals surface area contributed by atoms with Crippen molar-refractivity contribution in [1.29, 1.82) is 0 Å². The summed E-state index contributed by atoms with van der Waals surface area (Å²) in [6.07, 6.45) is 16.4. The van der Waals surface area contributed by atoms with Crippen LogP contribution >= 0.6 is 36.4 Å². The van der Waals surface area contributed by atoms with Gasteiger partial charge < -0.3 is 51.2 Å². The monoisotopic (exact) mass is 974 g/mol. The lowest BCUT2D eigenvalue weighted by Gasteiger charge is -2.28. The zero-order chi connectivity index (χ0) is 44.9. The fourth-order valence-electron chi connectivity index (χ4n) is 7.75. The van der Waals surface area contributed by atoms with Crippen LogP contribution in [-0.2, 0) is 45.3 Å². The van der Waals surface area contributed by atoms with E-state index in [-0.39, 0.29) is 24.8 Å². The Morgan fingerprint density at radius 1 is 0.574 bits per heavy atom. The lowest BCUT2D eigenvalue weighted by Crippen LogP contribution is -2.31. The van der Waals surface area contributed by atoms with Gasteiger partial charge in [0.25, 0.3) is 0 Å². The van der Waals surface area contributed by atoms with Gasteiger partial charge in [-0.25, -0.2) is 39.9 Å². The second-order valence-electron chi connectivity index (χ2n) is 15.5. The van der Waals surface area contributed by atoms with Gasteiger partial charge in [-0.3, -0.25) is 0 Å². The van der Waals surface area contributed by atoms with Gasteiger partial charge in [-0.05, 0) is 18.7 Å². The van der Waals surface area contributed by atoms with Crippen LogP contribution in [0.2, 0.25) is 5.15 Å². The molecule has 68 heavy (non-hydrogen) atoms. The van der Waals surface area contributed by atoms with Crippen molar-refractivity contribution in [1.82, 2.24) is 80.4 Å². The number of aromatic amines is 6. The molecule has 11 heterocycles. The second kappa shape index (κ2) is 24.2. The fraction of sp³-hybridized carbons (Fsp3) is 0.234. The summed E-state index contributed by atoms with van der Waals surface area (Å²) in [4.78, 5) is 55.7. The van der Waals surface area contributed by atoms with E-state index in [2.05, 4.69) is 80.3 Å². The minimum atomic E-state index is 0. The fourth-order valence-corrected chi connectivity index (χ4v) is 7.98. The number of nitrogens with one attached hydrogen (secondary N) is 8. The van der Waals surface area contributed by atoms with E-state index >= 15 is 0 Å². The van der Waals surface area contributed by atoms with Crippen LogP contribution in [0.4, 0.5) is 5.82 Å². The summed E-state index contributed by atoms with van der Waals surface area (Å²) in [6, 6.07) is 23.8. The third-order valence-electron chi connectivity index (χ3n) is 11.2. The molecule has 0 atom stereocenters. The van der Waals surface area contributed by atoms with Gasteiger partial charge in [0.2, 0.25) is 0 Å². The number of rotatable bonds is 5. The van der Waals surface area contributed by atoms with Gasteiger partial charge in [0.05, 0.1) is 76.8 Å². The van der Waals surface area contributed by atoms with Crippen molar-refractivity contribution in [3.05, 3.63) is 162 Å². The van der Waals surface area contributed by atoms with Crippen LogP contribution in [0.5, 0.6) is 0 Å². The molecule has 21 heteroatoms. The van der Waals surface area contributed by atoms with Crippen LogP contribution in [0.15, 0.2) is 117 Å². The highest BCUT2D eigenvalue weighted by molar-refractivity contribution is 6.34. The topological polar surface area (TPSA) is 251 Å². The first-order valence-corrected chi connectivity index (χ1v) is 22.3. The molecule has 8 aromatic heterocycles. The Hall–Kier alpha value is -6.93. The molecule has 0 fully saturated rings. The summed E-state index contributed by atoms with van der Waals surface area (Å²) in [5.41, 5.74) is 17.3. The lowest BCUT2D eigenvalue weighted by molar-refractivity contribution is 0.627. The van der Waals surface area contributed by atoms with Gasteiger partial charge in [0.15, 0.2) is 11.6 Å². The van der Waals surface area contributed by atoms with Crippen molar-refractivity contribution >= 4 is 64.3 Å². The summed E-state index contributed by atoms with van der Waals surface area (Å²) in [6.45, 7) is 6.42. The molecule has 0 radical (unpaired) electrons. The van der Waals surface area contributed by atoms with Crippen molar-refractivity contribution in [2.75, 3.05) is 31.1 Å². The molecule has 0 bridgehead atoms. The first kappa shape index (κ1) is 49.0. The number of hydrogen-bond acceptors (Lipinski definition) is 12. The summed E-state index contributed by atoms with van der Waals surface area (Å²) in [7, 11) is 0. The number of halogens is 3. The highest BCUT2D eigenvalue weighted by Crippen LogP contribution is 2.30. The molecule has 352 valence electrons. The minimum Gasteiger partial charge on any atom is -0.350 e. The molecule has 0 saturated heterocycles. The van der Waals surface area contributed by atoms with Crippen molar-refractivity contribution < 1.29 is 0 Å². The van der Waals surface area contributed by atoms with Gasteiger partial charge >= 0.3 is 0 Å². The Labute approximate surface area is 409 Å². The Morgan fingerprint density at radius 3 is 1.68 bits per heavy atom. The smallest absolute Gasteiger partial charge is 0.163 e. The Kier molecular flexibility index (Phi) is 17.4. The van der Waals surface area contributed by atoms with Crippen molar-refractivity contribution in [2.24, 2.45) is 5.73 Å². The maximum absolute atomic E-state index is 6.08. The number of nitrogens with two attached hydrogens (primary N) is 1. The van der Waals surface area contributed by atoms with E-state index in [0.717, 1.165) is 121 Å². The van der Waals surface area contributed by atoms with Crippen LogP contribution in [0.1, 0.15) is 39.9 Å². The highest BCUT2D eigenvalue weighted by atomic mass is 35.5. The number of fused-ring (bicyclic) bond motifs is 5. The number of aromatic nitrogens is 14. The summed E-state index contributed by atoms with van der Waals surface area (Å²) >= 11 is 6.08. The predicted octanol–water partition coefficient (Wildman–Crippen LogP) is 7.05. The quantitative estimate of drug-likeness (QED) is 0.0787. The minimum absolute atomic E-state index is 0. The maximum Gasteiger partial charge on any atom is 0.163 e. The summed E-state index contributed by atoms with van der Waals surface area (Å²) in [5.74, 6) is 2.36. The largest absolute Gasteiger partial charge is 0.350 e. The number of H-pyrrole nitrogens is 6. The van der Waals surface area contributed by atoms with Gasteiger partial charge in [0, 0.05) is 93.8 Å². The highest BCUT2D eigenvalue weighted by Gasteiger charge is 2.23. The van der Waals surface area contributed by atoms with Crippen LogP contribution in [0.3, 0.4) is 0 Å². The normalized spacial score (nSPS) is 13.2. The first-order valence-electron chi connectivity index (χ1n) is 21.9. The summed E-state index contributed by atoms with van der Waals surface area (Å²) in [5, 5.41) is 8.89. The molecular weight excluding hydrogens is 923 g/mol. The van der Waals surface area contributed by atoms with E-state index in [1.54, 1.807) is 37.7 Å². The van der Waals surface area contributed by atoms with Crippen LogP contribution in [0, 0.1) is 0 Å². The average molecular weight is 976 g/mol. The van der Waals surface area contributed by atoms with Crippen molar-refractivity contribution in [3.8, 4) is 22.8 Å². The standard InChI is InChI=1S/C18H16N6.C12H8ClN3.2C6H9N3.C5H9N3.2ClH/c1-2-4-12(5-3-1)16-22-17-13(6-8-19-17)18(23-16)24-9-7-14-15(10-24)21-11-20-14;13-10-9-6-7-14-12(9)16-11(15-10)8-4-2-1-3-5-8;2*1-2-7-3-6-5(1)8-4-9-6;6-2-1-5-3-7-4-8-5;;/h1-6,8,11H,7,9-10H2,(H,20,21)(H,19,22,23);1-7H,(H,14,15,16);2*4,7H,1-3H2,(H,8,9);3-4H,1-2,6H2,(H,7,8);2*1H. The average Bonchev–Trinajstić information content (AvgIpc) is 4.23.